The predicted molar refractivity (Wildman–Crippen MR) is 96.6 cm³/mol. The standard InChI is InChI=1S/C18H36O3Si/c1-6-18(19)21-17(5)15-13-11-10-12-14-16-22(8-3,9-4)20-7-2/h6,17H,1,7-16H2,2-5H3. The van der Waals surface area contributed by atoms with Gasteiger partial charge in [0.2, 0.25) is 0 Å². The van der Waals surface area contributed by atoms with Crippen molar-refractivity contribution in [3.63, 3.8) is 0 Å². The van der Waals surface area contributed by atoms with Crippen molar-refractivity contribution in [1.29, 1.82) is 0 Å². The molecule has 0 aromatic heterocycles. The number of unbranched alkanes of at least 4 members (excludes halogenated alkanes) is 4. The number of carbonyl (C=O) groups excluding carboxylic acids is 1. The fraction of sp³-hybridized carbons (Fsp3) is 0.833. The molecule has 1 unspecified atom stereocenters. The number of esters is 1. The van der Waals surface area contributed by atoms with Crippen LogP contribution in [-0.4, -0.2) is 27.0 Å². The van der Waals surface area contributed by atoms with E-state index in [2.05, 4.69) is 27.4 Å². The Morgan fingerprint density at radius 2 is 1.68 bits per heavy atom. The van der Waals surface area contributed by atoms with Crippen molar-refractivity contribution < 1.29 is 14.0 Å². The first-order valence-electron chi connectivity index (χ1n) is 9.00. The van der Waals surface area contributed by atoms with Crippen molar-refractivity contribution in [3.8, 4) is 0 Å². The van der Waals surface area contributed by atoms with Crippen LogP contribution >= 0.6 is 0 Å². The normalized spacial score (nSPS) is 12.9. The average molecular weight is 329 g/mol. The SMILES string of the molecule is C=CC(=O)OC(C)CCCCCCC[Si](CC)(CC)OCC. The zero-order valence-corrected chi connectivity index (χ0v) is 16.2. The van der Waals surface area contributed by atoms with E-state index in [-0.39, 0.29) is 12.1 Å². The van der Waals surface area contributed by atoms with E-state index in [0.29, 0.717) is 0 Å². The van der Waals surface area contributed by atoms with E-state index in [1.54, 1.807) is 0 Å². The summed E-state index contributed by atoms with van der Waals surface area (Å²) < 4.78 is 11.3. The molecule has 0 spiro atoms. The highest BCUT2D eigenvalue weighted by Crippen LogP contribution is 2.25. The quantitative estimate of drug-likeness (QED) is 0.184. The smallest absolute Gasteiger partial charge is 0.330 e. The molecule has 4 heteroatoms. The van der Waals surface area contributed by atoms with Gasteiger partial charge in [-0.15, -0.1) is 0 Å². The minimum atomic E-state index is -1.42. The monoisotopic (exact) mass is 328 g/mol. The second kappa shape index (κ2) is 12.9. The van der Waals surface area contributed by atoms with Crippen LogP contribution < -0.4 is 0 Å². The lowest BCUT2D eigenvalue weighted by atomic mass is 10.1. The lowest BCUT2D eigenvalue weighted by Crippen LogP contribution is -2.36. The highest BCUT2D eigenvalue weighted by Gasteiger charge is 2.29. The van der Waals surface area contributed by atoms with Gasteiger partial charge in [0.05, 0.1) is 6.10 Å². The minimum absolute atomic E-state index is 0.00342. The Bertz CT molecular complexity index is 301. The highest BCUT2D eigenvalue weighted by atomic mass is 28.4. The molecule has 130 valence electrons. The Balaban J connectivity index is 3.68. The van der Waals surface area contributed by atoms with Crippen LogP contribution in [0, 0.1) is 0 Å². The van der Waals surface area contributed by atoms with E-state index in [1.807, 2.05) is 6.92 Å². The number of carbonyl (C=O) groups is 1. The molecular weight excluding hydrogens is 292 g/mol. The molecule has 0 fully saturated rings. The molecule has 0 aromatic rings. The first-order valence-corrected chi connectivity index (χ1v) is 11.5. The molecule has 0 aliphatic heterocycles. The van der Waals surface area contributed by atoms with Crippen LogP contribution in [0.5, 0.6) is 0 Å². The first-order chi connectivity index (χ1) is 10.5. The van der Waals surface area contributed by atoms with Gasteiger partial charge in [-0.25, -0.2) is 4.79 Å². The third kappa shape index (κ3) is 9.41. The summed E-state index contributed by atoms with van der Waals surface area (Å²) in [5.74, 6) is -0.316. The summed E-state index contributed by atoms with van der Waals surface area (Å²) >= 11 is 0. The van der Waals surface area contributed by atoms with Gasteiger partial charge >= 0.3 is 5.97 Å². The van der Waals surface area contributed by atoms with Crippen LogP contribution in [0.3, 0.4) is 0 Å². The van der Waals surface area contributed by atoms with E-state index < -0.39 is 8.32 Å². The van der Waals surface area contributed by atoms with Crippen LogP contribution in [0.25, 0.3) is 0 Å². The largest absolute Gasteiger partial charge is 0.460 e. The summed E-state index contributed by atoms with van der Waals surface area (Å²) in [7, 11) is -1.42. The Kier molecular flexibility index (Phi) is 12.5. The summed E-state index contributed by atoms with van der Waals surface area (Å²) in [6.07, 6.45) is 8.39. The zero-order chi connectivity index (χ0) is 16.8. The second-order valence-electron chi connectivity index (χ2n) is 6.08. The van der Waals surface area contributed by atoms with Gasteiger partial charge in [-0.2, -0.15) is 0 Å². The summed E-state index contributed by atoms with van der Waals surface area (Å²) in [4.78, 5) is 11.1. The van der Waals surface area contributed by atoms with Gasteiger partial charge in [-0.1, -0.05) is 46.1 Å². The molecule has 22 heavy (non-hydrogen) atoms. The van der Waals surface area contributed by atoms with Gasteiger partial charge in [0, 0.05) is 12.7 Å². The Morgan fingerprint density at radius 1 is 1.09 bits per heavy atom. The molecule has 0 aliphatic rings. The van der Waals surface area contributed by atoms with Gasteiger partial charge in [-0.3, -0.25) is 0 Å². The number of ether oxygens (including phenoxy) is 1. The van der Waals surface area contributed by atoms with Gasteiger partial charge in [0.1, 0.15) is 0 Å². The second-order valence-corrected chi connectivity index (χ2v) is 10.7. The van der Waals surface area contributed by atoms with Crippen molar-refractivity contribution in [2.75, 3.05) is 6.61 Å². The fourth-order valence-electron chi connectivity index (χ4n) is 2.90. The van der Waals surface area contributed by atoms with Gasteiger partial charge in [0.15, 0.2) is 8.32 Å². The number of hydrogen-bond acceptors (Lipinski definition) is 3. The maximum atomic E-state index is 11.1. The number of rotatable bonds is 14. The Hall–Kier alpha value is -0.613. The molecule has 0 N–H and O–H groups in total. The van der Waals surface area contributed by atoms with Crippen molar-refractivity contribution in [1.82, 2.24) is 0 Å². The van der Waals surface area contributed by atoms with Crippen molar-refractivity contribution >= 4 is 14.3 Å². The topological polar surface area (TPSA) is 35.5 Å². The zero-order valence-electron chi connectivity index (χ0n) is 15.2. The molecule has 0 rings (SSSR count). The Labute approximate surface area is 138 Å². The van der Waals surface area contributed by atoms with Gasteiger partial charge < -0.3 is 9.16 Å². The van der Waals surface area contributed by atoms with Crippen LogP contribution in [0.4, 0.5) is 0 Å². The first kappa shape index (κ1) is 21.4. The molecule has 0 aliphatic carbocycles. The summed E-state index contributed by atoms with van der Waals surface area (Å²) in [5, 5.41) is 0. The molecule has 0 saturated heterocycles. The minimum Gasteiger partial charge on any atom is -0.460 e. The lowest BCUT2D eigenvalue weighted by molar-refractivity contribution is -0.142. The molecule has 3 nitrogen and oxygen atoms in total. The van der Waals surface area contributed by atoms with Crippen LogP contribution in [0.2, 0.25) is 18.1 Å². The molecule has 0 saturated carbocycles. The van der Waals surface area contributed by atoms with Crippen molar-refractivity contribution in [3.05, 3.63) is 12.7 Å². The van der Waals surface area contributed by atoms with Gasteiger partial charge in [-0.05, 0) is 44.8 Å². The molecule has 1 atom stereocenters. The fourth-order valence-corrected chi connectivity index (χ4v) is 6.17. The van der Waals surface area contributed by atoms with Crippen molar-refractivity contribution in [2.45, 2.75) is 90.5 Å². The third-order valence-electron chi connectivity index (χ3n) is 4.47. The molecule has 0 aromatic carbocycles. The summed E-state index contributed by atoms with van der Waals surface area (Å²) in [5.41, 5.74) is 0. The van der Waals surface area contributed by atoms with E-state index in [1.165, 1.54) is 49.9 Å². The van der Waals surface area contributed by atoms with Crippen LogP contribution in [0.15, 0.2) is 12.7 Å². The molecule has 0 amide bonds. The molecule has 0 radical (unpaired) electrons. The average Bonchev–Trinajstić information content (AvgIpc) is 2.52. The third-order valence-corrected chi connectivity index (χ3v) is 9.21. The Morgan fingerprint density at radius 3 is 2.23 bits per heavy atom. The molecule has 0 bridgehead atoms. The van der Waals surface area contributed by atoms with E-state index >= 15 is 0 Å². The van der Waals surface area contributed by atoms with E-state index in [4.69, 9.17) is 9.16 Å². The molecular formula is C18H36O3Si. The highest BCUT2D eigenvalue weighted by molar-refractivity contribution is 6.73. The van der Waals surface area contributed by atoms with Gasteiger partial charge in [0.25, 0.3) is 0 Å². The summed E-state index contributed by atoms with van der Waals surface area (Å²) in [6.45, 7) is 12.9. The predicted octanol–water partition coefficient (Wildman–Crippen LogP) is 5.47. The van der Waals surface area contributed by atoms with Crippen LogP contribution in [0.1, 0.15) is 66.2 Å². The maximum Gasteiger partial charge on any atom is 0.330 e. The number of hydrogen-bond donors (Lipinski definition) is 0. The van der Waals surface area contributed by atoms with E-state index in [0.717, 1.165) is 19.4 Å². The maximum absolute atomic E-state index is 11.1. The van der Waals surface area contributed by atoms with Crippen molar-refractivity contribution in [2.24, 2.45) is 0 Å². The van der Waals surface area contributed by atoms with Crippen LogP contribution in [-0.2, 0) is 14.0 Å². The summed E-state index contributed by atoms with van der Waals surface area (Å²) in [6, 6.07) is 3.79. The van der Waals surface area contributed by atoms with E-state index in [9.17, 15) is 4.79 Å². The lowest BCUT2D eigenvalue weighted by Gasteiger charge is -2.28. The molecule has 0 heterocycles.